The summed E-state index contributed by atoms with van der Waals surface area (Å²) in [7, 11) is 1.69. The van der Waals surface area contributed by atoms with E-state index < -0.39 is 0 Å². The lowest BCUT2D eigenvalue weighted by Crippen LogP contribution is -2.25. The molecule has 1 rings (SSSR count). The van der Waals surface area contributed by atoms with Crippen LogP contribution in [0.4, 0.5) is 5.69 Å². The van der Waals surface area contributed by atoms with E-state index in [-0.39, 0.29) is 6.04 Å². The molecule has 0 saturated heterocycles. The standard InChI is InChI=1S/C12H18Cl2N2O/c1-17-8-10(3-2-6-15)16-9-4-5-11(13)12(14)7-9/h4-5,7,10,16H,2-3,6,8,15H2,1H3. The van der Waals surface area contributed by atoms with Gasteiger partial charge in [0.1, 0.15) is 0 Å². The second-order valence-electron chi connectivity index (χ2n) is 3.86. The normalized spacial score (nSPS) is 12.5. The highest BCUT2D eigenvalue weighted by atomic mass is 35.5. The van der Waals surface area contributed by atoms with Gasteiger partial charge in [-0.05, 0) is 37.6 Å². The molecule has 0 aromatic heterocycles. The Hall–Kier alpha value is -0.480. The molecule has 17 heavy (non-hydrogen) atoms. The van der Waals surface area contributed by atoms with Crippen molar-refractivity contribution in [3.63, 3.8) is 0 Å². The molecule has 3 N–H and O–H groups in total. The summed E-state index contributed by atoms with van der Waals surface area (Å²) >= 11 is 11.8. The van der Waals surface area contributed by atoms with Crippen molar-refractivity contribution < 1.29 is 4.74 Å². The van der Waals surface area contributed by atoms with Crippen LogP contribution in [0, 0.1) is 0 Å². The number of benzene rings is 1. The zero-order valence-corrected chi connectivity index (χ0v) is 11.4. The van der Waals surface area contributed by atoms with Crippen molar-refractivity contribution in [2.75, 3.05) is 25.6 Å². The van der Waals surface area contributed by atoms with Crippen LogP contribution in [-0.2, 0) is 4.74 Å². The zero-order chi connectivity index (χ0) is 12.7. The van der Waals surface area contributed by atoms with Gasteiger partial charge in [0.05, 0.1) is 16.7 Å². The fraction of sp³-hybridized carbons (Fsp3) is 0.500. The predicted molar refractivity (Wildman–Crippen MR) is 74.0 cm³/mol. The van der Waals surface area contributed by atoms with Gasteiger partial charge in [0.2, 0.25) is 0 Å². The quantitative estimate of drug-likeness (QED) is 0.804. The van der Waals surface area contributed by atoms with Gasteiger partial charge in [0, 0.05) is 18.8 Å². The molecule has 1 aromatic rings. The van der Waals surface area contributed by atoms with Gasteiger partial charge in [0.25, 0.3) is 0 Å². The Morgan fingerprint density at radius 2 is 2.12 bits per heavy atom. The number of nitrogens with two attached hydrogens (primary N) is 1. The summed E-state index contributed by atoms with van der Waals surface area (Å²) in [5.41, 5.74) is 6.45. The van der Waals surface area contributed by atoms with Gasteiger partial charge in [-0.3, -0.25) is 0 Å². The van der Waals surface area contributed by atoms with E-state index in [1.807, 2.05) is 12.1 Å². The SMILES string of the molecule is COCC(CCCN)Nc1ccc(Cl)c(Cl)c1. The minimum atomic E-state index is 0.237. The molecule has 5 heteroatoms. The Kier molecular flexibility index (Phi) is 6.66. The van der Waals surface area contributed by atoms with Crippen molar-refractivity contribution in [3.8, 4) is 0 Å². The average Bonchev–Trinajstić information content (AvgIpc) is 2.31. The van der Waals surface area contributed by atoms with Gasteiger partial charge in [-0.15, -0.1) is 0 Å². The predicted octanol–water partition coefficient (Wildman–Crippen LogP) is 3.16. The summed E-state index contributed by atoms with van der Waals surface area (Å²) in [6.07, 6.45) is 1.92. The summed E-state index contributed by atoms with van der Waals surface area (Å²) in [6.45, 7) is 1.32. The van der Waals surface area contributed by atoms with Gasteiger partial charge in [-0.25, -0.2) is 0 Å². The largest absolute Gasteiger partial charge is 0.383 e. The molecule has 0 aliphatic heterocycles. The summed E-state index contributed by atoms with van der Waals surface area (Å²) < 4.78 is 5.16. The van der Waals surface area contributed by atoms with Gasteiger partial charge in [-0.1, -0.05) is 23.2 Å². The van der Waals surface area contributed by atoms with Crippen LogP contribution >= 0.6 is 23.2 Å². The van der Waals surface area contributed by atoms with Crippen LogP contribution in [0.5, 0.6) is 0 Å². The molecule has 0 fully saturated rings. The first kappa shape index (κ1) is 14.6. The lowest BCUT2D eigenvalue weighted by atomic mass is 10.1. The molecule has 0 amide bonds. The van der Waals surface area contributed by atoms with Crippen LogP contribution in [0.15, 0.2) is 18.2 Å². The highest BCUT2D eigenvalue weighted by molar-refractivity contribution is 6.42. The topological polar surface area (TPSA) is 47.3 Å². The molecule has 0 bridgehead atoms. The van der Waals surface area contributed by atoms with Crippen molar-refractivity contribution in [1.82, 2.24) is 0 Å². The van der Waals surface area contributed by atoms with Crippen LogP contribution < -0.4 is 11.1 Å². The first-order valence-corrected chi connectivity index (χ1v) is 6.33. The fourth-order valence-corrected chi connectivity index (χ4v) is 1.88. The number of hydrogen-bond acceptors (Lipinski definition) is 3. The highest BCUT2D eigenvalue weighted by Crippen LogP contribution is 2.25. The van der Waals surface area contributed by atoms with Crippen molar-refractivity contribution in [3.05, 3.63) is 28.2 Å². The van der Waals surface area contributed by atoms with Crippen LogP contribution in [0.25, 0.3) is 0 Å². The number of halogens is 2. The first-order chi connectivity index (χ1) is 8.17. The molecule has 0 aliphatic rings. The number of nitrogens with one attached hydrogen (secondary N) is 1. The van der Waals surface area contributed by atoms with E-state index in [1.54, 1.807) is 13.2 Å². The highest BCUT2D eigenvalue weighted by Gasteiger charge is 2.08. The Labute approximate surface area is 112 Å². The molecular weight excluding hydrogens is 259 g/mol. The third-order valence-corrected chi connectivity index (χ3v) is 3.15. The minimum Gasteiger partial charge on any atom is -0.383 e. The molecule has 3 nitrogen and oxygen atoms in total. The lowest BCUT2D eigenvalue weighted by molar-refractivity contribution is 0.182. The Balaban J connectivity index is 2.61. The van der Waals surface area contributed by atoms with Gasteiger partial charge in [-0.2, -0.15) is 0 Å². The first-order valence-electron chi connectivity index (χ1n) is 5.58. The summed E-state index contributed by atoms with van der Waals surface area (Å²) in [5.74, 6) is 0. The van der Waals surface area contributed by atoms with Crippen molar-refractivity contribution >= 4 is 28.9 Å². The molecule has 0 heterocycles. The third kappa shape index (κ3) is 5.13. The van der Waals surface area contributed by atoms with Crippen molar-refractivity contribution in [2.45, 2.75) is 18.9 Å². The molecule has 0 saturated carbocycles. The van der Waals surface area contributed by atoms with E-state index in [0.717, 1.165) is 18.5 Å². The molecule has 0 aliphatic carbocycles. The summed E-state index contributed by atoms with van der Waals surface area (Å²) in [4.78, 5) is 0. The van der Waals surface area contributed by atoms with Crippen LogP contribution in [0.1, 0.15) is 12.8 Å². The molecule has 1 aromatic carbocycles. The maximum atomic E-state index is 5.96. The number of hydrogen-bond donors (Lipinski definition) is 2. The smallest absolute Gasteiger partial charge is 0.0664 e. The Bertz CT molecular complexity index is 347. The van der Waals surface area contributed by atoms with E-state index in [0.29, 0.717) is 23.2 Å². The molecule has 96 valence electrons. The van der Waals surface area contributed by atoms with Crippen LogP contribution in [0.3, 0.4) is 0 Å². The second-order valence-corrected chi connectivity index (χ2v) is 4.67. The third-order valence-electron chi connectivity index (χ3n) is 2.41. The molecule has 0 spiro atoms. The zero-order valence-electron chi connectivity index (χ0n) is 9.88. The van der Waals surface area contributed by atoms with E-state index >= 15 is 0 Å². The minimum absolute atomic E-state index is 0.237. The van der Waals surface area contributed by atoms with E-state index in [4.69, 9.17) is 33.7 Å². The molecule has 1 atom stereocenters. The van der Waals surface area contributed by atoms with E-state index in [1.165, 1.54) is 0 Å². The number of rotatable bonds is 7. The second kappa shape index (κ2) is 7.77. The molecule has 1 unspecified atom stereocenters. The maximum Gasteiger partial charge on any atom is 0.0664 e. The number of ether oxygens (including phenoxy) is 1. The van der Waals surface area contributed by atoms with Crippen LogP contribution in [-0.4, -0.2) is 26.3 Å². The van der Waals surface area contributed by atoms with Gasteiger partial charge in [0.15, 0.2) is 0 Å². The number of methoxy groups -OCH3 is 1. The molecule has 0 radical (unpaired) electrons. The summed E-state index contributed by atoms with van der Waals surface area (Å²) in [5, 5.41) is 4.46. The average molecular weight is 277 g/mol. The maximum absolute atomic E-state index is 5.96. The van der Waals surface area contributed by atoms with E-state index in [2.05, 4.69) is 5.32 Å². The Morgan fingerprint density at radius 3 is 2.71 bits per heavy atom. The molecular formula is C12H18Cl2N2O. The Morgan fingerprint density at radius 1 is 1.35 bits per heavy atom. The van der Waals surface area contributed by atoms with Gasteiger partial charge < -0.3 is 15.8 Å². The van der Waals surface area contributed by atoms with Crippen LogP contribution in [0.2, 0.25) is 10.0 Å². The fourth-order valence-electron chi connectivity index (χ4n) is 1.58. The van der Waals surface area contributed by atoms with E-state index in [9.17, 15) is 0 Å². The van der Waals surface area contributed by atoms with Gasteiger partial charge >= 0.3 is 0 Å². The monoisotopic (exact) mass is 276 g/mol. The lowest BCUT2D eigenvalue weighted by Gasteiger charge is -2.19. The number of anilines is 1. The van der Waals surface area contributed by atoms with Crippen molar-refractivity contribution in [2.24, 2.45) is 5.73 Å². The summed E-state index contributed by atoms with van der Waals surface area (Å²) in [6, 6.07) is 5.73. The van der Waals surface area contributed by atoms with Crippen molar-refractivity contribution in [1.29, 1.82) is 0 Å².